The van der Waals surface area contributed by atoms with E-state index in [0.29, 0.717) is 10.9 Å². The van der Waals surface area contributed by atoms with Crippen LogP contribution >= 0.6 is 11.6 Å². The van der Waals surface area contributed by atoms with Gasteiger partial charge in [-0.2, -0.15) is 41.6 Å². The summed E-state index contributed by atoms with van der Waals surface area (Å²) in [5, 5.41) is 15.1. The van der Waals surface area contributed by atoms with Crippen molar-refractivity contribution in [1.29, 1.82) is 0 Å². The van der Waals surface area contributed by atoms with Crippen LogP contribution in [0.25, 0.3) is 0 Å². The monoisotopic (exact) mass is 392 g/mol. The molecule has 1 amide bonds. The normalized spacial score (nSPS) is 22.6. The number of rotatable bonds is 2. The maximum Gasteiger partial charge on any atom is 0.438 e. The molecule has 1 aliphatic heterocycles. The van der Waals surface area contributed by atoms with Gasteiger partial charge < -0.3 is 5.11 Å². The van der Waals surface area contributed by atoms with Gasteiger partial charge in [-0.05, 0) is 13.8 Å². The van der Waals surface area contributed by atoms with E-state index in [0.717, 1.165) is 13.8 Å². The van der Waals surface area contributed by atoms with Crippen LogP contribution in [0.1, 0.15) is 30.8 Å². The predicted molar refractivity (Wildman–Crippen MR) is 72.6 cm³/mol. The third kappa shape index (κ3) is 3.08. The summed E-state index contributed by atoms with van der Waals surface area (Å²) in [4.78, 5) is 12.3. The van der Waals surface area contributed by atoms with Crippen LogP contribution in [-0.4, -0.2) is 43.9 Å². The minimum atomic E-state index is -5.22. The van der Waals surface area contributed by atoms with E-state index in [1.807, 2.05) is 0 Å². The second-order valence-electron chi connectivity index (χ2n) is 5.33. The fourth-order valence-corrected chi connectivity index (χ4v) is 2.48. The molecule has 0 aromatic carbocycles. The molecule has 13 heteroatoms. The number of aromatic nitrogens is 2. The van der Waals surface area contributed by atoms with Crippen molar-refractivity contribution < 1.29 is 36.2 Å². The molecule has 0 saturated heterocycles. The predicted octanol–water partition coefficient (Wildman–Crippen LogP) is 2.89. The molecule has 2 heterocycles. The Hall–Kier alpha value is -1.82. The second kappa shape index (κ2) is 5.87. The van der Waals surface area contributed by atoms with E-state index in [9.17, 15) is 36.2 Å². The molecule has 0 unspecified atom stereocenters. The van der Waals surface area contributed by atoms with E-state index in [2.05, 4.69) is 10.2 Å². The first kappa shape index (κ1) is 19.5. The lowest BCUT2D eigenvalue weighted by molar-refractivity contribution is -0.302. The number of halogens is 7. The third-order valence-corrected chi connectivity index (χ3v) is 4.11. The summed E-state index contributed by atoms with van der Waals surface area (Å²) in [7, 11) is 0. The van der Waals surface area contributed by atoms with Crippen molar-refractivity contribution in [2.75, 3.05) is 0 Å². The number of carbonyl (C=O) groups excluding carboxylic acids is 1. The minimum absolute atomic E-state index is 0.208. The Morgan fingerprint density at radius 1 is 1.36 bits per heavy atom. The summed E-state index contributed by atoms with van der Waals surface area (Å²) < 4.78 is 78.0. The zero-order valence-corrected chi connectivity index (χ0v) is 13.4. The average molecular weight is 393 g/mol. The van der Waals surface area contributed by atoms with Crippen molar-refractivity contribution >= 4 is 23.7 Å². The number of nitrogens with zero attached hydrogens (tertiary/aromatic N) is 4. The van der Waals surface area contributed by atoms with Gasteiger partial charge in [0, 0.05) is 12.6 Å². The Labute approximate surface area is 141 Å². The maximum absolute atomic E-state index is 13.0. The van der Waals surface area contributed by atoms with Gasteiger partial charge in [-0.25, -0.2) is 0 Å². The van der Waals surface area contributed by atoms with Gasteiger partial charge in [-0.15, -0.1) is 0 Å². The lowest BCUT2D eigenvalue weighted by Gasteiger charge is -2.34. The summed E-state index contributed by atoms with van der Waals surface area (Å²) in [6.45, 7) is 2.14. The van der Waals surface area contributed by atoms with Gasteiger partial charge in [0.25, 0.3) is 11.6 Å². The highest BCUT2D eigenvalue weighted by Gasteiger charge is 2.62. The van der Waals surface area contributed by atoms with Crippen molar-refractivity contribution in [3.8, 4) is 0 Å². The molecule has 1 aliphatic rings. The Morgan fingerprint density at radius 2 is 1.92 bits per heavy atom. The number of hydrogen-bond donors (Lipinski definition) is 1. The highest BCUT2D eigenvalue weighted by molar-refractivity contribution is 6.32. The fourth-order valence-electron chi connectivity index (χ4n) is 2.25. The molecule has 0 bridgehead atoms. The molecule has 0 spiro atoms. The number of hydrogen-bond acceptors (Lipinski definition) is 4. The first-order valence-corrected chi connectivity index (χ1v) is 7.07. The number of aliphatic hydroxyl groups is 1. The molecular weight excluding hydrogens is 382 g/mol. The van der Waals surface area contributed by atoms with Gasteiger partial charge in [0.2, 0.25) is 0 Å². The molecule has 6 nitrogen and oxygen atoms in total. The Balaban J connectivity index is 2.40. The average Bonchev–Trinajstić information content (AvgIpc) is 2.99. The molecule has 1 aromatic rings. The zero-order valence-electron chi connectivity index (χ0n) is 12.7. The molecule has 0 fully saturated rings. The van der Waals surface area contributed by atoms with Gasteiger partial charge in [-0.3, -0.25) is 9.48 Å². The molecule has 2 rings (SSSR count). The van der Waals surface area contributed by atoms with Crippen LogP contribution in [0.4, 0.5) is 26.3 Å². The lowest BCUT2D eigenvalue weighted by Crippen LogP contribution is -2.57. The van der Waals surface area contributed by atoms with Crippen molar-refractivity contribution in [3.05, 3.63) is 16.4 Å². The molecule has 0 aliphatic carbocycles. The molecule has 1 N–H and O–H groups in total. The quantitative estimate of drug-likeness (QED) is 0.787. The largest absolute Gasteiger partial charge is 0.438 e. The Bertz CT molecular complexity index is 728. The standard InChI is InChI=1S/C12H11ClF6N4O2/c1-5-7(13)8(11(14,15)16)21-22(5)6(2)9(24)23-10(25,3-4-20-23)12(17,18)19/h4,6,25H,3H2,1-2H3/t6-,10-/m0/s1. The maximum atomic E-state index is 13.0. The smallest absolute Gasteiger partial charge is 0.362 e. The molecule has 25 heavy (non-hydrogen) atoms. The van der Waals surface area contributed by atoms with Crippen LogP contribution in [0.15, 0.2) is 5.10 Å². The first-order valence-electron chi connectivity index (χ1n) is 6.69. The van der Waals surface area contributed by atoms with Gasteiger partial charge in [0.05, 0.1) is 10.7 Å². The van der Waals surface area contributed by atoms with Gasteiger partial charge in [0.15, 0.2) is 5.69 Å². The van der Waals surface area contributed by atoms with Gasteiger partial charge >= 0.3 is 12.4 Å². The number of amides is 1. The van der Waals surface area contributed by atoms with Crippen molar-refractivity contribution in [2.45, 2.75) is 44.4 Å². The van der Waals surface area contributed by atoms with Crippen molar-refractivity contribution in [2.24, 2.45) is 5.10 Å². The SMILES string of the molecule is Cc1c(Cl)c(C(F)(F)F)nn1[C@@H](C)C(=O)N1N=CC[C@]1(O)C(F)(F)F. The summed E-state index contributed by atoms with van der Waals surface area (Å²) >= 11 is 5.55. The van der Waals surface area contributed by atoms with Crippen molar-refractivity contribution in [3.63, 3.8) is 0 Å². The van der Waals surface area contributed by atoms with Gasteiger partial charge in [0.1, 0.15) is 6.04 Å². The minimum Gasteiger partial charge on any atom is -0.362 e. The first-order chi connectivity index (χ1) is 11.2. The van der Waals surface area contributed by atoms with E-state index < -0.39 is 47.2 Å². The van der Waals surface area contributed by atoms with E-state index >= 15 is 0 Å². The summed E-state index contributed by atoms with van der Waals surface area (Å²) in [6, 6.07) is -1.63. The van der Waals surface area contributed by atoms with Crippen LogP contribution in [0.5, 0.6) is 0 Å². The van der Waals surface area contributed by atoms with E-state index in [4.69, 9.17) is 11.6 Å². The van der Waals surface area contributed by atoms with E-state index in [1.165, 1.54) is 0 Å². The molecule has 2 atom stereocenters. The molecule has 0 radical (unpaired) electrons. The summed E-state index contributed by atoms with van der Waals surface area (Å²) in [5.74, 6) is -1.40. The lowest BCUT2D eigenvalue weighted by atomic mass is 10.1. The van der Waals surface area contributed by atoms with E-state index in [-0.39, 0.29) is 10.7 Å². The highest BCUT2D eigenvalue weighted by Crippen LogP contribution is 2.40. The zero-order chi connectivity index (χ0) is 19.4. The third-order valence-electron chi connectivity index (χ3n) is 3.66. The van der Waals surface area contributed by atoms with Crippen molar-refractivity contribution in [1.82, 2.24) is 14.8 Å². The molecule has 1 aromatic heterocycles. The van der Waals surface area contributed by atoms with Crippen LogP contribution in [-0.2, 0) is 11.0 Å². The number of carbonyl (C=O) groups is 1. The summed E-state index contributed by atoms with van der Waals surface area (Å²) in [5.41, 5.74) is -5.31. The highest BCUT2D eigenvalue weighted by atomic mass is 35.5. The summed E-state index contributed by atoms with van der Waals surface area (Å²) in [6.07, 6.45) is -10.4. The Kier molecular flexibility index (Phi) is 4.58. The second-order valence-corrected chi connectivity index (χ2v) is 5.71. The topological polar surface area (TPSA) is 70.7 Å². The molecule has 140 valence electrons. The van der Waals surface area contributed by atoms with Crippen LogP contribution < -0.4 is 0 Å². The van der Waals surface area contributed by atoms with Crippen LogP contribution in [0.3, 0.4) is 0 Å². The number of alkyl halides is 6. The Morgan fingerprint density at radius 3 is 2.36 bits per heavy atom. The van der Waals surface area contributed by atoms with Crippen LogP contribution in [0, 0.1) is 6.92 Å². The molecular formula is C12H11ClF6N4O2. The molecule has 0 saturated carbocycles. The van der Waals surface area contributed by atoms with Crippen LogP contribution in [0.2, 0.25) is 5.02 Å². The number of hydrazone groups is 1. The fraction of sp³-hybridized carbons (Fsp3) is 0.583. The van der Waals surface area contributed by atoms with Gasteiger partial charge in [-0.1, -0.05) is 11.6 Å². The van der Waals surface area contributed by atoms with E-state index in [1.54, 1.807) is 0 Å².